The van der Waals surface area contributed by atoms with Crippen molar-refractivity contribution in [3.8, 4) is 10.6 Å². The van der Waals surface area contributed by atoms with Gasteiger partial charge in [0.15, 0.2) is 5.76 Å². The Bertz CT molecular complexity index is 933. The van der Waals surface area contributed by atoms with E-state index in [1.165, 1.54) is 0 Å². The minimum Gasteiger partial charge on any atom is -0.455 e. The molecule has 3 heterocycles. The average molecular weight is 368 g/mol. The monoisotopic (exact) mass is 368 g/mol. The lowest BCUT2D eigenvalue weighted by molar-refractivity contribution is -0.117. The van der Waals surface area contributed by atoms with Crippen LogP contribution in [-0.4, -0.2) is 23.6 Å². The summed E-state index contributed by atoms with van der Waals surface area (Å²) in [5.74, 6) is 0.192. The highest BCUT2D eigenvalue weighted by atomic mass is 32.1. The Kier molecular flexibility index (Phi) is 4.53. The molecule has 1 fully saturated rings. The molecule has 1 amide bonds. The lowest BCUT2D eigenvalue weighted by Crippen LogP contribution is -2.26. The summed E-state index contributed by atoms with van der Waals surface area (Å²) in [7, 11) is 0. The highest BCUT2D eigenvalue weighted by Crippen LogP contribution is 2.27. The van der Waals surface area contributed by atoms with E-state index >= 15 is 0 Å². The number of esters is 1. The van der Waals surface area contributed by atoms with Gasteiger partial charge in [-0.3, -0.25) is 4.79 Å². The van der Waals surface area contributed by atoms with E-state index < -0.39 is 5.97 Å². The Morgan fingerprint density at radius 3 is 2.92 bits per heavy atom. The van der Waals surface area contributed by atoms with Crippen LogP contribution in [-0.2, 0) is 16.1 Å². The van der Waals surface area contributed by atoms with Crippen LogP contribution in [0.15, 0.2) is 52.4 Å². The second-order valence-electron chi connectivity index (χ2n) is 5.90. The third kappa shape index (κ3) is 3.25. The van der Waals surface area contributed by atoms with Gasteiger partial charge in [-0.05, 0) is 30.0 Å². The predicted molar refractivity (Wildman–Crippen MR) is 97.0 cm³/mol. The number of carbonyl (C=O) groups is 2. The molecule has 1 aromatic carbocycles. The molecule has 7 heteroatoms. The number of thiophene rings is 1. The molecular weight excluding hydrogens is 352 g/mol. The molecule has 4 rings (SSSR count). The summed E-state index contributed by atoms with van der Waals surface area (Å²) in [5.41, 5.74) is 1.51. The maximum atomic E-state index is 12.5. The van der Waals surface area contributed by atoms with Crippen LogP contribution in [0.4, 0.5) is 5.69 Å². The summed E-state index contributed by atoms with van der Waals surface area (Å²) in [4.78, 5) is 27.1. The Morgan fingerprint density at radius 2 is 2.15 bits per heavy atom. The van der Waals surface area contributed by atoms with Crippen LogP contribution >= 0.6 is 11.3 Å². The second kappa shape index (κ2) is 7.13. The number of benzene rings is 1. The summed E-state index contributed by atoms with van der Waals surface area (Å²) in [6.07, 6.45) is 1.31. The largest absolute Gasteiger partial charge is 0.455 e. The Hall–Kier alpha value is -2.93. The average Bonchev–Trinajstić information content (AvgIpc) is 3.41. The summed E-state index contributed by atoms with van der Waals surface area (Å²) >= 11 is 1.55. The minimum atomic E-state index is -0.485. The molecular formula is C19H16N2O4S. The fourth-order valence-corrected chi connectivity index (χ4v) is 3.59. The van der Waals surface area contributed by atoms with Gasteiger partial charge in [0.25, 0.3) is 0 Å². The topological polar surface area (TPSA) is 72.6 Å². The van der Waals surface area contributed by atoms with Crippen molar-refractivity contribution in [1.82, 2.24) is 5.16 Å². The first kappa shape index (κ1) is 16.5. The molecule has 1 saturated heterocycles. The van der Waals surface area contributed by atoms with Crippen LogP contribution in [0, 0.1) is 0 Å². The Morgan fingerprint density at radius 1 is 1.27 bits per heavy atom. The summed E-state index contributed by atoms with van der Waals surface area (Å²) in [5, 5.41) is 5.89. The fourth-order valence-electron chi connectivity index (χ4n) is 2.92. The molecule has 0 bridgehead atoms. The van der Waals surface area contributed by atoms with E-state index in [0.717, 1.165) is 11.3 Å². The van der Waals surface area contributed by atoms with Crippen molar-refractivity contribution in [2.45, 2.75) is 19.4 Å². The maximum absolute atomic E-state index is 12.5. The van der Waals surface area contributed by atoms with Crippen LogP contribution in [0.2, 0.25) is 0 Å². The predicted octanol–water partition coefficient (Wildman–Crippen LogP) is 3.89. The third-order valence-electron chi connectivity index (χ3n) is 4.16. The van der Waals surface area contributed by atoms with Crippen LogP contribution in [0.3, 0.4) is 0 Å². The smallest absolute Gasteiger partial charge is 0.340 e. The normalized spacial score (nSPS) is 14.0. The standard InChI is InChI=1S/C19H16N2O4S/c22-18-8-3-9-21(18)15-6-2-1-5-14(15)19(23)24-12-13-11-16(25-20-13)17-7-4-10-26-17/h1-2,4-7,10-11H,3,8-9,12H2. The van der Waals surface area contributed by atoms with E-state index in [-0.39, 0.29) is 12.5 Å². The zero-order chi connectivity index (χ0) is 17.9. The first-order valence-corrected chi connectivity index (χ1v) is 9.16. The molecule has 0 N–H and O–H groups in total. The molecule has 26 heavy (non-hydrogen) atoms. The highest BCUT2D eigenvalue weighted by molar-refractivity contribution is 7.13. The summed E-state index contributed by atoms with van der Waals surface area (Å²) < 4.78 is 10.7. The molecule has 3 aromatic rings. The number of rotatable bonds is 5. The molecule has 0 saturated carbocycles. The van der Waals surface area contributed by atoms with E-state index in [0.29, 0.717) is 35.7 Å². The van der Waals surface area contributed by atoms with Crippen LogP contribution in [0.5, 0.6) is 0 Å². The van der Waals surface area contributed by atoms with Gasteiger partial charge in [0.2, 0.25) is 5.91 Å². The molecule has 0 radical (unpaired) electrons. The van der Waals surface area contributed by atoms with Crippen molar-refractivity contribution in [2.24, 2.45) is 0 Å². The lowest BCUT2D eigenvalue weighted by atomic mass is 10.1. The van der Waals surface area contributed by atoms with E-state index in [9.17, 15) is 9.59 Å². The summed E-state index contributed by atoms with van der Waals surface area (Å²) in [6, 6.07) is 12.6. The fraction of sp³-hybridized carbons (Fsp3) is 0.211. The number of amides is 1. The number of hydrogen-bond donors (Lipinski definition) is 0. The number of ether oxygens (including phenoxy) is 1. The van der Waals surface area contributed by atoms with Gasteiger partial charge in [-0.15, -0.1) is 11.3 Å². The summed E-state index contributed by atoms with van der Waals surface area (Å²) in [6.45, 7) is 0.632. The molecule has 0 spiro atoms. The molecule has 0 aliphatic carbocycles. The van der Waals surface area contributed by atoms with Gasteiger partial charge < -0.3 is 14.2 Å². The van der Waals surface area contributed by atoms with E-state index in [4.69, 9.17) is 9.26 Å². The van der Waals surface area contributed by atoms with Crippen LogP contribution < -0.4 is 4.90 Å². The second-order valence-corrected chi connectivity index (χ2v) is 6.85. The van der Waals surface area contributed by atoms with Crippen LogP contribution in [0.25, 0.3) is 10.6 Å². The quantitative estimate of drug-likeness (QED) is 0.639. The van der Waals surface area contributed by atoms with Crippen molar-refractivity contribution >= 4 is 28.9 Å². The van der Waals surface area contributed by atoms with E-state index in [1.807, 2.05) is 23.6 Å². The molecule has 2 aromatic heterocycles. The molecule has 132 valence electrons. The van der Waals surface area contributed by atoms with Gasteiger partial charge in [-0.25, -0.2) is 4.79 Å². The van der Waals surface area contributed by atoms with Crippen molar-refractivity contribution in [3.63, 3.8) is 0 Å². The zero-order valence-corrected chi connectivity index (χ0v) is 14.7. The first-order valence-electron chi connectivity index (χ1n) is 8.28. The van der Waals surface area contributed by atoms with E-state index in [2.05, 4.69) is 5.16 Å². The van der Waals surface area contributed by atoms with Crippen LogP contribution in [0.1, 0.15) is 28.9 Å². The highest BCUT2D eigenvalue weighted by Gasteiger charge is 2.26. The number of para-hydroxylation sites is 1. The van der Waals surface area contributed by atoms with Gasteiger partial charge in [0, 0.05) is 19.0 Å². The number of anilines is 1. The number of nitrogens with zero attached hydrogens (tertiary/aromatic N) is 2. The van der Waals surface area contributed by atoms with Crippen molar-refractivity contribution in [2.75, 3.05) is 11.4 Å². The lowest BCUT2D eigenvalue weighted by Gasteiger charge is -2.18. The van der Waals surface area contributed by atoms with Gasteiger partial charge in [-0.2, -0.15) is 0 Å². The molecule has 1 aliphatic heterocycles. The van der Waals surface area contributed by atoms with Gasteiger partial charge in [0.05, 0.1) is 16.1 Å². The minimum absolute atomic E-state index is 0.00991. The Balaban J connectivity index is 1.47. The van der Waals surface area contributed by atoms with Gasteiger partial charge >= 0.3 is 5.97 Å². The third-order valence-corrected chi connectivity index (χ3v) is 5.05. The number of carbonyl (C=O) groups excluding carboxylic acids is 2. The van der Waals surface area contributed by atoms with E-state index in [1.54, 1.807) is 40.5 Å². The molecule has 6 nitrogen and oxygen atoms in total. The SMILES string of the molecule is O=C(OCc1cc(-c2cccs2)on1)c1ccccc1N1CCCC1=O. The number of aromatic nitrogens is 1. The van der Waals surface area contributed by atoms with Gasteiger partial charge in [-0.1, -0.05) is 23.4 Å². The van der Waals surface area contributed by atoms with Crippen molar-refractivity contribution in [3.05, 3.63) is 59.1 Å². The molecule has 0 atom stereocenters. The zero-order valence-electron chi connectivity index (χ0n) is 13.9. The van der Waals surface area contributed by atoms with Crippen molar-refractivity contribution < 1.29 is 18.8 Å². The van der Waals surface area contributed by atoms with Crippen molar-refractivity contribution in [1.29, 1.82) is 0 Å². The van der Waals surface area contributed by atoms with Gasteiger partial charge in [0.1, 0.15) is 12.3 Å². The Labute approximate surface area is 154 Å². The molecule has 0 unspecified atom stereocenters. The molecule has 1 aliphatic rings. The maximum Gasteiger partial charge on any atom is 0.340 e. The first-order chi connectivity index (χ1) is 12.7. The number of hydrogen-bond acceptors (Lipinski definition) is 6.